The van der Waals surface area contributed by atoms with Crippen LogP contribution in [0.3, 0.4) is 0 Å². The highest BCUT2D eigenvalue weighted by Gasteiger charge is 2.16. The van der Waals surface area contributed by atoms with E-state index < -0.39 is 0 Å². The number of benzene rings is 1. The first-order chi connectivity index (χ1) is 10.7. The number of nitrogens with one attached hydrogen (secondary N) is 3. The molecule has 0 aromatic heterocycles. The van der Waals surface area contributed by atoms with Crippen LogP contribution in [0.2, 0.25) is 0 Å². The highest BCUT2D eigenvalue weighted by molar-refractivity contribution is 7.80. The number of hydrogen-bond donors (Lipinski definition) is 3. The number of thiocarbonyl (C=S) groups is 1. The van der Waals surface area contributed by atoms with E-state index in [4.69, 9.17) is 12.2 Å². The van der Waals surface area contributed by atoms with E-state index in [2.05, 4.69) is 22.2 Å². The van der Waals surface area contributed by atoms with Crippen LogP contribution in [-0.2, 0) is 12.8 Å². The quantitative estimate of drug-likeness (QED) is 0.580. The Hall–Kier alpha value is -1.62. The molecule has 3 N–H and O–H groups in total. The Morgan fingerprint density at radius 3 is 2.50 bits per heavy atom. The van der Waals surface area contributed by atoms with Crippen molar-refractivity contribution in [2.45, 2.75) is 57.4 Å². The van der Waals surface area contributed by atoms with E-state index in [0.717, 1.165) is 25.7 Å². The van der Waals surface area contributed by atoms with Gasteiger partial charge in [-0.05, 0) is 74.0 Å². The van der Waals surface area contributed by atoms with E-state index in [1.54, 1.807) is 0 Å². The van der Waals surface area contributed by atoms with Crippen LogP contribution in [0.25, 0.3) is 0 Å². The highest BCUT2D eigenvalue weighted by Crippen LogP contribution is 2.22. The van der Waals surface area contributed by atoms with Crippen molar-refractivity contribution in [3.05, 3.63) is 34.9 Å². The molecule has 0 atom stereocenters. The SMILES string of the molecule is O=C(NNC(=S)NC1CCCC1)c1ccc2c(c1)CCCC2. The van der Waals surface area contributed by atoms with Gasteiger partial charge >= 0.3 is 0 Å². The maximum Gasteiger partial charge on any atom is 0.269 e. The molecule has 1 amide bonds. The zero-order chi connectivity index (χ0) is 15.4. The normalized spacial score (nSPS) is 17.6. The maximum absolute atomic E-state index is 12.2. The number of amides is 1. The molecule has 0 aliphatic heterocycles. The van der Waals surface area contributed by atoms with Crippen LogP contribution in [0.5, 0.6) is 0 Å². The lowest BCUT2D eigenvalue weighted by Gasteiger charge is -2.18. The molecule has 1 fully saturated rings. The van der Waals surface area contributed by atoms with Crippen LogP contribution in [-0.4, -0.2) is 17.1 Å². The Morgan fingerprint density at radius 1 is 1.00 bits per heavy atom. The van der Waals surface area contributed by atoms with Gasteiger partial charge in [0.1, 0.15) is 0 Å². The van der Waals surface area contributed by atoms with Crippen LogP contribution < -0.4 is 16.2 Å². The third-order valence-electron chi connectivity index (χ3n) is 4.59. The third kappa shape index (κ3) is 3.77. The number of aryl methyl sites for hydroxylation is 2. The van der Waals surface area contributed by atoms with Crippen LogP contribution in [0.15, 0.2) is 18.2 Å². The molecule has 2 aliphatic carbocycles. The van der Waals surface area contributed by atoms with E-state index in [-0.39, 0.29) is 5.91 Å². The first kappa shape index (κ1) is 15.3. The topological polar surface area (TPSA) is 53.2 Å². The molecule has 1 aromatic carbocycles. The second kappa shape index (κ2) is 7.09. The molecular weight excluding hydrogens is 294 g/mol. The van der Waals surface area contributed by atoms with E-state index >= 15 is 0 Å². The zero-order valence-corrected chi connectivity index (χ0v) is 13.6. The molecule has 1 saturated carbocycles. The van der Waals surface area contributed by atoms with Crippen molar-refractivity contribution in [1.82, 2.24) is 16.2 Å². The minimum atomic E-state index is -0.135. The summed E-state index contributed by atoms with van der Waals surface area (Å²) in [6.07, 6.45) is 9.48. The number of carbonyl (C=O) groups is 1. The third-order valence-corrected chi connectivity index (χ3v) is 4.81. The summed E-state index contributed by atoms with van der Waals surface area (Å²) in [5, 5.41) is 3.74. The van der Waals surface area contributed by atoms with Gasteiger partial charge in [0.05, 0.1) is 0 Å². The molecule has 0 saturated heterocycles. The number of fused-ring (bicyclic) bond motifs is 1. The van der Waals surface area contributed by atoms with Crippen LogP contribution in [0, 0.1) is 0 Å². The lowest BCUT2D eigenvalue weighted by atomic mass is 9.90. The maximum atomic E-state index is 12.2. The zero-order valence-electron chi connectivity index (χ0n) is 12.8. The molecule has 2 aliphatic rings. The van der Waals surface area contributed by atoms with Gasteiger partial charge in [-0.1, -0.05) is 18.9 Å². The van der Waals surface area contributed by atoms with Crippen molar-refractivity contribution < 1.29 is 4.79 Å². The standard InChI is InChI=1S/C17H23N3OS/c21-16(19-20-17(22)18-15-7-3-4-8-15)14-10-9-12-5-1-2-6-13(12)11-14/h9-11,15H,1-8H2,(H,19,21)(H2,18,20,22). The van der Waals surface area contributed by atoms with E-state index in [1.165, 1.54) is 36.8 Å². The number of carbonyl (C=O) groups excluding carboxylic acids is 1. The smallest absolute Gasteiger partial charge is 0.269 e. The molecule has 1 aromatic rings. The Kier molecular flexibility index (Phi) is 4.93. The van der Waals surface area contributed by atoms with Crippen molar-refractivity contribution in [1.29, 1.82) is 0 Å². The predicted octanol–water partition coefficient (Wildman–Crippen LogP) is 2.62. The van der Waals surface area contributed by atoms with Gasteiger partial charge in [0.25, 0.3) is 5.91 Å². The minimum Gasteiger partial charge on any atom is -0.359 e. The molecule has 3 rings (SSSR count). The van der Waals surface area contributed by atoms with Gasteiger partial charge in [-0.25, -0.2) is 0 Å². The van der Waals surface area contributed by atoms with Crippen molar-refractivity contribution in [3.8, 4) is 0 Å². The number of rotatable bonds is 2. The van der Waals surface area contributed by atoms with Gasteiger partial charge in [0.2, 0.25) is 0 Å². The van der Waals surface area contributed by atoms with Gasteiger partial charge in [-0.2, -0.15) is 0 Å². The van der Waals surface area contributed by atoms with Crippen molar-refractivity contribution >= 4 is 23.2 Å². The lowest BCUT2D eigenvalue weighted by Crippen LogP contribution is -2.49. The van der Waals surface area contributed by atoms with Gasteiger partial charge in [-0.15, -0.1) is 0 Å². The van der Waals surface area contributed by atoms with Crippen molar-refractivity contribution in [2.75, 3.05) is 0 Å². The summed E-state index contributed by atoms with van der Waals surface area (Å²) in [5.41, 5.74) is 8.88. The molecule has 0 unspecified atom stereocenters. The van der Waals surface area contributed by atoms with E-state index in [0.29, 0.717) is 16.7 Å². The summed E-state index contributed by atoms with van der Waals surface area (Å²) in [6.45, 7) is 0. The minimum absolute atomic E-state index is 0.135. The first-order valence-electron chi connectivity index (χ1n) is 8.21. The second-order valence-electron chi connectivity index (χ2n) is 6.22. The molecule has 0 bridgehead atoms. The summed E-state index contributed by atoms with van der Waals surface area (Å²) in [6, 6.07) is 6.44. The van der Waals surface area contributed by atoms with Crippen LogP contribution in [0.1, 0.15) is 60.0 Å². The largest absolute Gasteiger partial charge is 0.359 e. The fourth-order valence-corrected chi connectivity index (χ4v) is 3.57. The van der Waals surface area contributed by atoms with E-state index in [9.17, 15) is 4.79 Å². The number of hydrazine groups is 1. The van der Waals surface area contributed by atoms with Crippen LogP contribution in [0.4, 0.5) is 0 Å². The Morgan fingerprint density at radius 2 is 1.73 bits per heavy atom. The first-order valence-corrected chi connectivity index (χ1v) is 8.62. The summed E-state index contributed by atoms with van der Waals surface area (Å²) in [4.78, 5) is 12.2. The van der Waals surface area contributed by atoms with Crippen LogP contribution >= 0.6 is 12.2 Å². The molecule has 22 heavy (non-hydrogen) atoms. The monoisotopic (exact) mass is 317 g/mol. The summed E-state index contributed by atoms with van der Waals surface area (Å²) >= 11 is 5.22. The molecule has 4 nitrogen and oxygen atoms in total. The van der Waals surface area contributed by atoms with Crippen molar-refractivity contribution in [2.24, 2.45) is 0 Å². The summed E-state index contributed by atoms with van der Waals surface area (Å²) in [5.74, 6) is -0.135. The molecule has 0 radical (unpaired) electrons. The fraction of sp³-hybridized carbons (Fsp3) is 0.529. The lowest BCUT2D eigenvalue weighted by molar-refractivity contribution is 0.0943. The van der Waals surface area contributed by atoms with E-state index in [1.807, 2.05) is 12.1 Å². The van der Waals surface area contributed by atoms with Gasteiger partial charge < -0.3 is 5.32 Å². The fourth-order valence-electron chi connectivity index (χ4n) is 3.35. The van der Waals surface area contributed by atoms with Gasteiger partial charge in [-0.3, -0.25) is 15.6 Å². The number of hydrogen-bond acceptors (Lipinski definition) is 2. The van der Waals surface area contributed by atoms with Gasteiger partial charge in [0.15, 0.2) is 5.11 Å². The summed E-state index contributed by atoms with van der Waals surface area (Å²) < 4.78 is 0. The van der Waals surface area contributed by atoms with Gasteiger partial charge in [0, 0.05) is 11.6 Å². The summed E-state index contributed by atoms with van der Waals surface area (Å²) in [7, 11) is 0. The highest BCUT2D eigenvalue weighted by atomic mass is 32.1. The average molecular weight is 317 g/mol. The molecule has 118 valence electrons. The predicted molar refractivity (Wildman–Crippen MR) is 91.7 cm³/mol. The molecular formula is C17H23N3OS. The Bertz CT molecular complexity index is 567. The molecule has 0 spiro atoms. The Balaban J connectivity index is 1.52. The Labute approximate surface area is 137 Å². The average Bonchev–Trinajstić information content (AvgIpc) is 3.05. The second-order valence-corrected chi connectivity index (χ2v) is 6.63. The molecule has 5 heteroatoms. The van der Waals surface area contributed by atoms with Crippen molar-refractivity contribution in [3.63, 3.8) is 0 Å². The molecule has 0 heterocycles.